The van der Waals surface area contributed by atoms with Gasteiger partial charge in [0.25, 0.3) is 0 Å². The van der Waals surface area contributed by atoms with Crippen molar-refractivity contribution < 1.29 is 0 Å². The van der Waals surface area contributed by atoms with E-state index in [2.05, 4.69) is 225 Å². The summed E-state index contributed by atoms with van der Waals surface area (Å²) in [6, 6.07) is 75.4. The minimum absolute atomic E-state index is 1.13. The third-order valence-electron chi connectivity index (χ3n) is 12.4. The number of fused-ring (bicyclic) bond motifs is 13. The van der Waals surface area contributed by atoms with E-state index in [0.29, 0.717) is 0 Å². The third kappa shape index (κ3) is 4.23. The van der Waals surface area contributed by atoms with Crippen molar-refractivity contribution in [1.29, 1.82) is 0 Å². The lowest BCUT2D eigenvalue weighted by atomic mass is 10.1. The summed E-state index contributed by atoms with van der Waals surface area (Å²) in [6.07, 6.45) is 0. The first-order chi connectivity index (χ1) is 28.8. The second-order valence-electron chi connectivity index (χ2n) is 15.3. The van der Waals surface area contributed by atoms with Gasteiger partial charge in [-0.3, -0.25) is 0 Å². The number of para-hydroxylation sites is 6. The van der Waals surface area contributed by atoms with Crippen molar-refractivity contribution in [2.75, 3.05) is 0 Å². The van der Waals surface area contributed by atoms with Crippen LogP contribution in [0.4, 0.5) is 0 Å². The van der Waals surface area contributed by atoms with E-state index in [1.807, 2.05) is 0 Å². The van der Waals surface area contributed by atoms with Crippen molar-refractivity contribution in [3.05, 3.63) is 206 Å². The Morgan fingerprint density at radius 3 is 0.655 bits per heavy atom. The molecule has 0 unspecified atom stereocenters. The van der Waals surface area contributed by atoms with Crippen molar-refractivity contribution in [3.63, 3.8) is 0 Å². The number of nitrogens with zero attached hydrogens (tertiary/aromatic N) is 4. The highest BCUT2D eigenvalue weighted by Gasteiger charge is 2.22. The lowest BCUT2D eigenvalue weighted by Crippen LogP contribution is -2.00. The van der Waals surface area contributed by atoms with E-state index in [0.717, 1.165) is 22.7 Å². The molecule has 0 amide bonds. The van der Waals surface area contributed by atoms with Crippen LogP contribution < -0.4 is 0 Å². The first-order valence-electron chi connectivity index (χ1n) is 20.0. The van der Waals surface area contributed by atoms with E-state index < -0.39 is 0 Å². The fourth-order valence-corrected chi connectivity index (χ4v) is 9.94. The molecule has 0 saturated heterocycles. The van der Waals surface area contributed by atoms with Gasteiger partial charge in [-0.15, -0.1) is 0 Å². The zero-order valence-corrected chi connectivity index (χ0v) is 31.4. The van der Waals surface area contributed by atoms with Crippen LogP contribution in [0.15, 0.2) is 206 Å². The normalized spacial score (nSPS) is 12.1. The molecule has 4 aromatic heterocycles. The minimum Gasteiger partial charge on any atom is -0.309 e. The van der Waals surface area contributed by atoms with Crippen LogP contribution in [0.25, 0.3) is 110 Å². The average molecular weight is 739 g/mol. The molecule has 0 atom stereocenters. The molecule has 4 heterocycles. The Hall–Kier alpha value is -7.82. The van der Waals surface area contributed by atoms with Crippen molar-refractivity contribution in [2.24, 2.45) is 0 Å². The maximum Gasteiger partial charge on any atom is 0.0788 e. The van der Waals surface area contributed by atoms with Crippen LogP contribution in [0.1, 0.15) is 0 Å². The zero-order valence-electron chi connectivity index (χ0n) is 31.4. The first-order valence-corrected chi connectivity index (χ1v) is 20.0. The van der Waals surface area contributed by atoms with Gasteiger partial charge in [0.05, 0.1) is 44.1 Å². The Labute approximate surface area is 333 Å². The van der Waals surface area contributed by atoms with Gasteiger partial charge in [0.15, 0.2) is 0 Å². The molecule has 270 valence electrons. The summed E-state index contributed by atoms with van der Waals surface area (Å²) in [6.45, 7) is 0. The first kappa shape index (κ1) is 31.4. The molecule has 0 saturated carbocycles. The summed E-state index contributed by atoms with van der Waals surface area (Å²) >= 11 is 0. The predicted molar refractivity (Wildman–Crippen MR) is 244 cm³/mol. The van der Waals surface area contributed by atoms with Crippen molar-refractivity contribution in [3.8, 4) is 22.7 Å². The highest BCUT2D eigenvalue weighted by molar-refractivity contribution is 6.24. The standard InChI is InChI=1S/C54H34N4/c1-7-19-47-39(13-1)40-14-2-8-20-48(40)55(47)35-25-29-37(30-26-35)57-51-23-11-5-17-43(51)45-33-34-46-44-18-6-12-24-52(44)58(54(46)53(45)57)38-31-27-36(28-32-38)56-49-21-9-3-15-41(49)42-16-4-10-22-50(42)56/h1-34H. The summed E-state index contributed by atoms with van der Waals surface area (Å²) < 4.78 is 9.73. The second-order valence-corrected chi connectivity index (χ2v) is 15.3. The fourth-order valence-electron chi connectivity index (χ4n) is 9.94. The number of aromatic nitrogens is 4. The molecular weight excluding hydrogens is 705 g/mol. The largest absolute Gasteiger partial charge is 0.309 e. The highest BCUT2D eigenvalue weighted by atomic mass is 15.1. The van der Waals surface area contributed by atoms with Gasteiger partial charge in [0.1, 0.15) is 0 Å². The summed E-state index contributed by atoms with van der Waals surface area (Å²) in [5.41, 5.74) is 14.2. The molecule has 4 nitrogen and oxygen atoms in total. The monoisotopic (exact) mass is 738 g/mol. The fraction of sp³-hybridized carbons (Fsp3) is 0. The van der Waals surface area contributed by atoms with Crippen LogP contribution >= 0.6 is 0 Å². The summed E-state index contributed by atoms with van der Waals surface area (Å²) in [4.78, 5) is 0. The van der Waals surface area contributed by atoms with Gasteiger partial charge in [0.2, 0.25) is 0 Å². The van der Waals surface area contributed by atoms with Crippen LogP contribution in [0.2, 0.25) is 0 Å². The lowest BCUT2D eigenvalue weighted by molar-refractivity contribution is 1.13. The van der Waals surface area contributed by atoms with Gasteiger partial charge >= 0.3 is 0 Å². The Kier molecular flexibility index (Phi) is 6.41. The van der Waals surface area contributed by atoms with E-state index in [-0.39, 0.29) is 0 Å². The van der Waals surface area contributed by atoms with Crippen molar-refractivity contribution in [1.82, 2.24) is 18.3 Å². The van der Waals surface area contributed by atoms with Gasteiger partial charge in [-0.1, -0.05) is 121 Å². The Balaban J connectivity index is 1.05. The van der Waals surface area contributed by atoms with Gasteiger partial charge in [0, 0.05) is 65.8 Å². The molecule has 13 aromatic rings. The van der Waals surface area contributed by atoms with Gasteiger partial charge in [-0.05, 0) is 84.9 Å². The van der Waals surface area contributed by atoms with E-state index in [4.69, 9.17) is 0 Å². The van der Waals surface area contributed by atoms with E-state index >= 15 is 0 Å². The van der Waals surface area contributed by atoms with Crippen LogP contribution in [-0.2, 0) is 0 Å². The maximum absolute atomic E-state index is 2.48. The van der Waals surface area contributed by atoms with Crippen LogP contribution in [0, 0.1) is 0 Å². The van der Waals surface area contributed by atoms with Gasteiger partial charge < -0.3 is 18.3 Å². The summed E-state index contributed by atoms with van der Waals surface area (Å²) in [7, 11) is 0. The molecule has 0 N–H and O–H groups in total. The predicted octanol–water partition coefficient (Wildman–Crippen LogP) is 14.1. The molecule has 0 aliphatic rings. The molecule has 0 spiro atoms. The molecule has 58 heavy (non-hydrogen) atoms. The van der Waals surface area contributed by atoms with Crippen molar-refractivity contribution >= 4 is 87.2 Å². The smallest absolute Gasteiger partial charge is 0.0788 e. The number of benzene rings is 9. The molecule has 0 fully saturated rings. The molecule has 9 aromatic carbocycles. The Morgan fingerprint density at radius 1 is 0.172 bits per heavy atom. The molecule has 13 rings (SSSR count). The van der Waals surface area contributed by atoms with Crippen LogP contribution in [-0.4, -0.2) is 18.3 Å². The molecular formula is C54H34N4. The van der Waals surface area contributed by atoms with Crippen LogP contribution in [0.3, 0.4) is 0 Å². The number of hydrogen-bond acceptors (Lipinski definition) is 0. The zero-order chi connectivity index (χ0) is 37.9. The molecule has 4 heteroatoms. The number of hydrogen-bond donors (Lipinski definition) is 0. The van der Waals surface area contributed by atoms with E-state index in [1.54, 1.807) is 0 Å². The summed E-state index contributed by atoms with van der Waals surface area (Å²) in [5, 5.41) is 10.0. The van der Waals surface area contributed by atoms with Crippen LogP contribution in [0.5, 0.6) is 0 Å². The minimum atomic E-state index is 1.13. The summed E-state index contributed by atoms with van der Waals surface area (Å²) in [5.74, 6) is 0. The van der Waals surface area contributed by atoms with E-state index in [9.17, 15) is 0 Å². The third-order valence-corrected chi connectivity index (χ3v) is 12.4. The Bertz CT molecular complexity index is 3420. The lowest BCUT2D eigenvalue weighted by Gasteiger charge is -2.14. The Morgan fingerprint density at radius 2 is 0.379 bits per heavy atom. The average Bonchev–Trinajstić information content (AvgIpc) is 4.02. The maximum atomic E-state index is 2.48. The SMILES string of the molecule is c1ccc2c(c1)c1ccccc1n2-c1ccc(-n2c3ccccc3c3ccc4c5ccccc5n(-c5ccc(-n6c7ccccc7c7ccccc76)cc5)c4c32)cc1. The molecule has 0 radical (unpaired) electrons. The van der Waals surface area contributed by atoms with Crippen molar-refractivity contribution in [2.45, 2.75) is 0 Å². The van der Waals surface area contributed by atoms with Gasteiger partial charge in [-0.2, -0.15) is 0 Å². The molecule has 0 aliphatic carbocycles. The highest BCUT2D eigenvalue weighted by Crippen LogP contribution is 2.42. The molecule has 0 aliphatic heterocycles. The molecule has 0 bridgehead atoms. The van der Waals surface area contributed by atoms with E-state index in [1.165, 1.54) is 87.2 Å². The number of rotatable bonds is 4. The van der Waals surface area contributed by atoms with Gasteiger partial charge in [-0.25, -0.2) is 0 Å². The topological polar surface area (TPSA) is 19.7 Å². The quantitative estimate of drug-likeness (QED) is 0.171. The second kappa shape index (κ2) is 11.8.